The second-order valence-electron chi connectivity index (χ2n) is 6.13. The zero-order valence-corrected chi connectivity index (χ0v) is 15.7. The van der Waals surface area contributed by atoms with Gasteiger partial charge in [0.25, 0.3) is 0 Å². The number of pyridine rings is 1. The number of carbonyl (C=O) groups is 1. The molecule has 2 heterocycles. The molecule has 0 spiro atoms. The van der Waals surface area contributed by atoms with Crippen molar-refractivity contribution in [2.45, 2.75) is 19.1 Å². The maximum Gasteiger partial charge on any atom is 0.418 e. The quantitative estimate of drug-likeness (QED) is 0.724. The van der Waals surface area contributed by atoms with Gasteiger partial charge in [-0.3, -0.25) is 9.78 Å². The van der Waals surface area contributed by atoms with Crippen molar-refractivity contribution in [1.82, 2.24) is 10.3 Å². The lowest BCUT2D eigenvalue weighted by atomic mass is 10.1. The van der Waals surface area contributed by atoms with Crippen LogP contribution in [-0.2, 0) is 22.3 Å². The van der Waals surface area contributed by atoms with Gasteiger partial charge in [-0.05, 0) is 36.8 Å². The highest BCUT2D eigenvalue weighted by molar-refractivity contribution is 9.10. The highest BCUT2D eigenvalue weighted by Crippen LogP contribution is 2.37. The topological polar surface area (TPSA) is 63.2 Å². The summed E-state index contributed by atoms with van der Waals surface area (Å²) in [5.41, 5.74) is 0.198. The Morgan fingerprint density at radius 3 is 2.74 bits per heavy atom. The van der Waals surface area contributed by atoms with E-state index in [4.69, 9.17) is 4.74 Å². The number of carbonyl (C=O) groups excluding carboxylic acids is 1. The Hall–Kier alpha value is -2.13. The van der Waals surface area contributed by atoms with E-state index in [1.54, 1.807) is 12.1 Å². The van der Waals surface area contributed by atoms with Crippen LogP contribution in [0.15, 0.2) is 41.0 Å². The van der Waals surface area contributed by atoms with Crippen LogP contribution in [-0.4, -0.2) is 24.1 Å². The Morgan fingerprint density at radius 1 is 1.30 bits per heavy atom. The van der Waals surface area contributed by atoms with Gasteiger partial charge in [0.2, 0.25) is 5.91 Å². The van der Waals surface area contributed by atoms with Crippen LogP contribution in [0.3, 0.4) is 0 Å². The predicted octanol–water partition coefficient (Wildman–Crippen LogP) is 4.26. The maximum atomic E-state index is 13.2. The van der Waals surface area contributed by atoms with Crippen molar-refractivity contribution in [3.63, 3.8) is 0 Å². The molecule has 1 saturated heterocycles. The summed E-state index contributed by atoms with van der Waals surface area (Å²) in [6, 6.07) is 7.17. The molecule has 1 aromatic heterocycles. The number of anilines is 2. The summed E-state index contributed by atoms with van der Waals surface area (Å²) in [6.45, 7) is 1.27. The first-order chi connectivity index (χ1) is 12.8. The standard InChI is InChI=1S/C18H17BrF3N3O2/c19-12-1-4-16(15(7-12)18(20,21)22)25-14-3-2-13(23-9-14)8-24-17(26)11-5-6-27-10-11/h1-4,7,9,11,25H,5-6,8,10H2,(H,24,26)/t11-/m1/s1. The Labute approximate surface area is 162 Å². The number of nitrogens with zero attached hydrogens (tertiary/aromatic N) is 1. The summed E-state index contributed by atoms with van der Waals surface area (Å²) < 4.78 is 45.0. The molecule has 0 bridgehead atoms. The molecule has 0 saturated carbocycles. The summed E-state index contributed by atoms with van der Waals surface area (Å²) in [6.07, 6.45) is -2.34. The van der Waals surface area contributed by atoms with Crippen LogP contribution in [0.1, 0.15) is 17.7 Å². The summed E-state index contributed by atoms with van der Waals surface area (Å²) in [5, 5.41) is 5.53. The van der Waals surface area contributed by atoms with Crippen molar-refractivity contribution in [2.24, 2.45) is 5.92 Å². The monoisotopic (exact) mass is 443 g/mol. The molecule has 0 aliphatic carbocycles. The van der Waals surface area contributed by atoms with E-state index in [0.717, 1.165) is 6.07 Å². The van der Waals surface area contributed by atoms with Crippen LogP contribution in [0, 0.1) is 5.92 Å². The van der Waals surface area contributed by atoms with Gasteiger partial charge in [0.1, 0.15) is 0 Å². The van der Waals surface area contributed by atoms with Gasteiger partial charge in [0.05, 0.1) is 47.9 Å². The van der Waals surface area contributed by atoms with E-state index >= 15 is 0 Å². The zero-order chi connectivity index (χ0) is 19.4. The first-order valence-electron chi connectivity index (χ1n) is 8.27. The molecule has 1 atom stereocenters. The molecule has 1 fully saturated rings. The third-order valence-corrected chi connectivity index (χ3v) is 4.63. The summed E-state index contributed by atoms with van der Waals surface area (Å²) in [5.74, 6) is -0.217. The van der Waals surface area contributed by atoms with E-state index in [2.05, 4.69) is 31.5 Å². The van der Waals surface area contributed by atoms with Crippen LogP contribution in [0.2, 0.25) is 0 Å². The van der Waals surface area contributed by atoms with E-state index in [0.29, 0.717) is 35.5 Å². The third kappa shape index (κ3) is 5.20. The van der Waals surface area contributed by atoms with Crippen molar-refractivity contribution in [2.75, 3.05) is 18.5 Å². The molecule has 0 unspecified atom stereocenters. The first kappa shape index (κ1) is 19.6. The molecular weight excluding hydrogens is 427 g/mol. The lowest BCUT2D eigenvalue weighted by Crippen LogP contribution is -2.30. The van der Waals surface area contributed by atoms with Crippen molar-refractivity contribution in [3.05, 3.63) is 52.3 Å². The van der Waals surface area contributed by atoms with Gasteiger partial charge in [-0.15, -0.1) is 0 Å². The van der Waals surface area contributed by atoms with Crippen LogP contribution in [0.25, 0.3) is 0 Å². The number of benzene rings is 1. The normalized spacial score (nSPS) is 17.0. The van der Waals surface area contributed by atoms with Gasteiger partial charge in [0.15, 0.2) is 0 Å². The number of hydrogen-bond acceptors (Lipinski definition) is 4. The Bertz CT molecular complexity index is 806. The van der Waals surface area contributed by atoms with Crippen molar-refractivity contribution >= 4 is 33.2 Å². The van der Waals surface area contributed by atoms with E-state index in [1.807, 2.05) is 0 Å². The Balaban J connectivity index is 1.63. The number of ether oxygens (including phenoxy) is 1. The fourth-order valence-electron chi connectivity index (χ4n) is 2.68. The highest BCUT2D eigenvalue weighted by Gasteiger charge is 2.33. The Kier molecular flexibility index (Phi) is 6.01. The van der Waals surface area contributed by atoms with Crippen LogP contribution < -0.4 is 10.6 Å². The fraction of sp³-hybridized carbons (Fsp3) is 0.333. The fourth-order valence-corrected chi connectivity index (χ4v) is 3.04. The molecule has 5 nitrogen and oxygen atoms in total. The molecule has 27 heavy (non-hydrogen) atoms. The van der Waals surface area contributed by atoms with Crippen LogP contribution in [0.5, 0.6) is 0 Å². The first-order valence-corrected chi connectivity index (χ1v) is 9.06. The molecule has 144 valence electrons. The van der Waals surface area contributed by atoms with E-state index in [9.17, 15) is 18.0 Å². The molecule has 9 heteroatoms. The van der Waals surface area contributed by atoms with Gasteiger partial charge in [-0.1, -0.05) is 15.9 Å². The number of nitrogens with one attached hydrogen (secondary N) is 2. The number of amides is 1. The average Bonchev–Trinajstić information content (AvgIpc) is 3.16. The summed E-state index contributed by atoms with van der Waals surface area (Å²) >= 11 is 3.05. The highest BCUT2D eigenvalue weighted by atomic mass is 79.9. The van der Waals surface area contributed by atoms with Gasteiger partial charge in [-0.2, -0.15) is 13.2 Å². The zero-order valence-electron chi connectivity index (χ0n) is 14.1. The van der Waals surface area contributed by atoms with Crippen molar-refractivity contribution in [1.29, 1.82) is 0 Å². The molecule has 3 rings (SSSR count). The average molecular weight is 444 g/mol. The van der Waals surface area contributed by atoms with Gasteiger partial charge in [-0.25, -0.2) is 0 Å². The second-order valence-corrected chi connectivity index (χ2v) is 7.04. The molecule has 1 amide bonds. The van der Waals surface area contributed by atoms with Crippen LogP contribution >= 0.6 is 15.9 Å². The Morgan fingerprint density at radius 2 is 2.11 bits per heavy atom. The third-order valence-electron chi connectivity index (χ3n) is 4.13. The molecule has 0 radical (unpaired) electrons. The molecule has 1 aliphatic rings. The summed E-state index contributed by atoms with van der Waals surface area (Å²) in [4.78, 5) is 16.1. The lowest BCUT2D eigenvalue weighted by molar-refractivity contribution is -0.137. The molecule has 2 N–H and O–H groups in total. The lowest BCUT2D eigenvalue weighted by Gasteiger charge is -2.15. The van der Waals surface area contributed by atoms with Crippen LogP contribution in [0.4, 0.5) is 24.5 Å². The van der Waals surface area contributed by atoms with E-state index in [1.165, 1.54) is 18.3 Å². The molecular formula is C18H17BrF3N3O2. The second kappa shape index (κ2) is 8.26. The number of halogens is 4. The minimum Gasteiger partial charge on any atom is -0.381 e. The number of rotatable bonds is 5. The number of alkyl halides is 3. The SMILES string of the molecule is O=C(NCc1ccc(Nc2ccc(Br)cc2C(F)(F)F)cn1)[C@@H]1CCOC1. The molecule has 1 aromatic carbocycles. The summed E-state index contributed by atoms with van der Waals surface area (Å²) in [7, 11) is 0. The minimum absolute atomic E-state index is 0.0604. The van der Waals surface area contributed by atoms with E-state index < -0.39 is 11.7 Å². The van der Waals surface area contributed by atoms with Gasteiger partial charge < -0.3 is 15.4 Å². The maximum absolute atomic E-state index is 13.2. The minimum atomic E-state index is -4.48. The smallest absolute Gasteiger partial charge is 0.381 e. The predicted molar refractivity (Wildman–Crippen MR) is 97.4 cm³/mol. The largest absolute Gasteiger partial charge is 0.418 e. The van der Waals surface area contributed by atoms with Gasteiger partial charge in [0, 0.05) is 11.1 Å². The van der Waals surface area contributed by atoms with Gasteiger partial charge >= 0.3 is 6.18 Å². The van der Waals surface area contributed by atoms with E-state index in [-0.39, 0.29) is 24.1 Å². The number of hydrogen-bond donors (Lipinski definition) is 2. The van der Waals surface area contributed by atoms with Crippen molar-refractivity contribution < 1.29 is 22.7 Å². The molecule has 2 aromatic rings. The number of aromatic nitrogens is 1. The van der Waals surface area contributed by atoms with Crippen molar-refractivity contribution in [3.8, 4) is 0 Å². The molecule has 1 aliphatic heterocycles.